The smallest absolute Gasteiger partial charge is 0.120 e. The van der Waals surface area contributed by atoms with Gasteiger partial charge in [-0.1, -0.05) is 64.7 Å². The number of thioether (sulfide) groups is 1. The van der Waals surface area contributed by atoms with Gasteiger partial charge in [-0.2, -0.15) is 0 Å². The van der Waals surface area contributed by atoms with Gasteiger partial charge >= 0.3 is 0 Å². The number of anilines is 2. The molecule has 2 aromatic carbocycles. The predicted molar refractivity (Wildman–Crippen MR) is 123 cm³/mol. The van der Waals surface area contributed by atoms with E-state index in [4.69, 9.17) is 0 Å². The minimum Gasteiger partial charge on any atom is -0.508 e. The normalized spacial score (nSPS) is 15.9. The maximum absolute atomic E-state index is 10.5. The number of unbranched alkanes of at least 4 members (excludes halogenated alkanes) is 2. The Morgan fingerprint density at radius 1 is 1.00 bits per heavy atom. The molecule has 152 valence electrons. The lowest BCUT2D eigenvalue weighted by Gasteiger charge is -2.37. The quantitative estimate of drug-likeness (QED) is 0.497. The molecule has 1 aliphatic rings. The van der Waals surface area contributed by atoms with E-state index in [9.17, 15) is 5.11 Å². The van der Waals surface area contributed by atoms with Crippen LogP contribution < -0.4 is 4.90 Å². The van der Waals surface area contributed by atoms with E-state index in [1.54, 1.807) is 0 Å². The zero-order valence-corrected chi connectivity index (χ0v) is 18.5. The fourth-order valence-electron chi connectivity index (χ4n) is 4.28. The molecule has 1 N–H and O–H groups in total. The molecule has 1 aliphatic heterocycles. The molecule has 3 rings (SSSR count). The molecule has 0 aromatic heterocycles. The Labute approximate surface area is 175 Å². The molecule has 0 amide bonds. The van der Waals surface area contributed by atoms with E-state index in [2.05, 4.69) is 62.1 Å². The second-order valence-corrected chi connectivity index (χ2v) is 9.24. The Morgan fingerprint density at radius 3 is 2.29 bits per heavy atom. The third-order valence-corrected chi connectivity index (χ3v) is 7.44. The average molecular weight is 398 g/mol. The zero-order valence-electron chi connectivity index (χ0n) is 17.7. The molecule has 0 aliphatic carbocycles. The fourth-order valence-corrected chi connectivity index (χ4v) is 5.63. The number of aromatic hydroxyl groups is 1. The summed E-state index contributed by atoms with van der Waals surface area (Å²) in [6.45, 7) is 7.77. The summed E-state index contributed by atoms with van der Waals surface area (Å²) in [5.74, 6) is 1.57. The van der Waals surface area contributed by atoms with Gasteiger partial charge in [-0.15, -0.1) is 11.8 Å². The Morgan fingerprint density at radius 2 is 1.68 bits per heavy atom. The molecule has 3 heteroatoms. The second-order valence-electron chi connectivity index (χ2n) is 8.22. The topological polar surface area (TPSA) is 23.5 Å². The molecule has 0 atom stereocenters. The summed E-state index contributed by atoms with van der Waals surface area (Å²) in [6, 6.07) is 15.0. The molecule has 0 saturated heterocycles. The van der Waals surface area contributed by atoms with E-state index in [0.29, 0.717) is 11.2 Å². The van der Waals surface area contributed by atoms with E-state index in [1.807, 2.05) is 17.8 Å². The molecule has 28 heavy (non-hydrogen) atoms. The first-order valence-corrected chi connectivity index (χ1v) is 11.9. The Kier molecular flexibility index (Phi) is 7.34. The molecule has 0 bridgehead atoms. The summed E-state index contributed by atoms with van der Waals surface area (Å²) < 4.78 is 0. The van der Waals surface area contributed by atoms with Crippen molar-refractivity contribution in [3.8, 4) is 5.75 Å². The molecule has 0 radical (unpaired) electrons. The molecule has 1 heterocycles. The number of benzene rings is 2. The van der Waals surface area contributed by atoms with Crippen LogP contribution >= 0.6 is 11.8 Å². The van der Waals surface area contributed by atoms with Gasteiger partial charge in [-0.25, -0.2) is 0 Å². The fraction of sp³-hybridized carbons (Fsp3) is 0.520. The van der Waals surface area contributed by atoms with Crippen molar-refractivity contribution in [2.75, 3.05) is 17.2 Å². The lowest BCUT2D eigenvalue weighted by Crippen LogP contribution is -2.36. The van der Waals surface area contributed by atoms with Crippen LogP contribution in [-0.2, 0) is 6.42 Å². The van der Waals surface area contributed by atoms with Crippen LogP contribution in [0.5, 0.6) is 5.75 Å². The lowest BCUT2D eigenvalue weighted by atomic mass is 9.79. The van der Waals surface area contributed by atoms with Crippen molar-refractivity contribution < 1.29 is 5.11 Å². The van der Waals surface area contributed by atoms with Gasteiger partial charge in [0.15, 0.2) is 0 Å². The van der Waals surface area contributed by atoms with Gasteiger partial charge in [0.05, 0.1) is 5.69 Å². The first-order valence-electron chi connectivity index (χ1n) is 10.9. The van der Waals surface area contributed by atoms with Gasteiger partial charge in [-0.05, 0) is 54.5 Å². The number of aryl methyl sites for hydroxylation is 1. The van der Waals surface area contributed by atoms with Crippen LogP contribution in [0, 0.1) is 5.41 Å². The highest BCUT2D eigenvalue weighted by atomic mass is 32.2. The number of phenolic OH excluding ortho intramolecular Hbond substituents is 1. The van der Waals surface area contributed by atoms with Crippen LogP contribution in [0.2, 0.25) is 0 Å². The van der Waals surface area contributed by atoms with Crippen molar-refractivity contribution in [2.45, 2.75) is 70.6 Å². The van der Waals surface area contributed by atoms with Crippen molar-refractivity contribution in [2.24, 2.45) is 5.41 Å². The zero-order chi connectivity index (χ0) is 20.0. The van der Waals surface area contributed by atoms with Gasteiger partial charge in [0.25, 0.3) is 0 Å². The summed E-state index contributed by atoms with van der Waals surface area (Å²) in [7, 11) is 0. The molecule has 2 nitrogen and oxygen atoms in total. The number of phenols is 1. The van der Waals surface area contributed by atoms with Gasteiger partial charge in [0.2, 0.25) is 0 Å². The SMILES string of the molecule is CCCCC1(CCCC)CSc2cc(O)c(CC)cc2N(c2ccccc2)C1. The highest BCUT2D eigenvalue weighted by molar-refractivity contribution is 7.99. The summed E-state index contributed by atoms with van der Waals surface area (Å²) in [4.78, 5) is 3.74. The van der Waals surface area contributed by atoms with Gasteiger partial charge < -0.3 is 10.0 Å². The molecule has 0 fully saturated rings. The van der Waals surface area contributed by atoms with Crippen LogP contribution in [0.3, 0.4) is 0 Å². The van der Waals surface area contributed by atoms with Crippen molar-refractivity contribution in [3.05, 3.63) is 48.0 Å². The molecule has 0 spiro atoms. The minimum absolute atomic E-state index is 0.313. The van der Waals surface area contributed by atoms with E-state index >= 15 is 0 Å². The van der Waals surface area contributed by atoms with Crippen LogP contribution in [0.15, 0.2) is 47.4 Å². The second kappa shape index (κ2) is 9.73. The van der Waals surface area contributed by atoms with Crippen LogP contribution in [0.4, 0.5) is 11.4 Å². The summed E-state index contributed by atoms with van der Waals surface area (Å²) in [5.41, 5.74) is 3.88. The number of fused-ring (bicyclic) bond motifs is 1. The third-order valence-electron chi connectivity index (χ3n) is 6.05. The minimum atomic E-state index is 0.313. The van der Waals surface area contributed by atoms with Gasteiger partial charge in [0, 0.05) is 22.9 Å². The monoisotopic (exact) mass is 397 g/mol. The highest BCUT2D eigenvalue weighted by Crippen LogP contribution is 2.48. The maximum atomic E-state index is 10.5. The summed E-state index contributed by atoms with van der Waals surface area (Å²) in [6.07, 6.45) is 8.47. The largest absolute Gasteiger partial charge is 0.508 e. The third kappa shape index (κ3) is 4.68. The van der Waals surface area contributed by atoms with E-state index in [0.717, 1.165) is 24.3 Å². The number of para-hydroxylation sites is 1. The van der Waals surface area contributed by atoms with Crippen LogP contribution in [-0.4, -0.2) is 17.4 Å². The van der Waals surface area contributed by atoms with Gasteiger partial charge in [-0.3, -0.25) is 0 Å². The predicted octanol–water partition coefficient (Wildman–Crippen LogP) is 7.57. The molecular formula is C25H35NOS. The average Bonchev–Trinajstić information content (AvgIpc) is 2.88. The Bertz CT molecular complexity index is 751. The van der Waals surface area contributed by atoms with Crippen molar-refractivity contribution in [3.63, 3.8) is 0 Å². The van der Waals surface area contributed by atoms with E-state index in [-0.39, 0.29) is 0 Å². The Balaban J connectivity index is 2.07. The maximum Gasteiger partial charge on any atom is 0.120 e. The van der Waals surface area contributed by atoms with Crippen molar-refractivity contribution in [1.29, 1.82) is 0 Å². The Hall–Kier alpha value is -1.61. The van der Waals surface area contributed by atoms with Gasteiger partial charge in [0.1, 0.15) is 5.75 Å². The van der Waals surface area contributed by atoms with Crippen LogP contribution in [0.25, 0.3) is 0 Å². The molecule has 0 unspecified atom stereocenters. The number of rotatable bonds is 8. The van der Waals surface area contributed by atoms with E-state index < -0.39 is 0 Å². The molecular weight excluding hydrogens is 362 g/mol. The number of nitrogens with zero attached hydrogens (tertiary/aromatic N) is 1. The number of hydrogen-bond donors (Lipinski definition) is 1. The molecule has 2 aromatic rings. The van der Waals surface area contributed by atoms with Crippen LogP contribution in [0.1, 0.15) is 64.9 Å². The first-order chi connectivity index (χ1) is 13.6. The standard InChI is InChI=1S/C25H35NOS/c1-4-7-14-25(15-8-5-2)18-26(21-12-10-9-11-13-21)22-16-20(6-3)23(27)17-24(22)28-19-25/h9-13,16-17,27H,4-8,14-15,18-19H2,1-3H3. The summed E-state index contributed by atoms with van der Waals surface area (Å²) in [5, 5.41) is 10.5. The highest BCUT2D eigenvalue weighted by Gasteiger charge is 2.36. The molecule has 0 saturated carbocycles. The van der Waals surface area contributed by atoms with Crippen molar-refractivity contribution in [1.82, 2.24) is 0 Å². The summed E-state index contributed by atoms with van der Waals surface area (Å²) >= 11 is 1.95. The van der Waals surface area contributed by atoms with E-state index in [1.165, 1.54) is 54.8 Å². The lowest BCUT2D eigenvalue weighted by molar-refractivity contribution is 0.274. The first kappa shape index (κ1) is 21.1. The number of hydrogen-bond acceptors (Lipinski definition) is 3. The van der Waals surface area contributed by atoms with Crippen molar-refractivity contribution >= 4 is 23.1 Å².